The molecule has 1 aliphatic rings. The summed E-state index contributed by atoms with van der Waals surface area (Å²) in [5, 5.41) is 13.1. The van der Waals surface area contributed by atoms with E-state index in [-0.39, 0.29) is 5.37 Å². The van der Waals surface area contributed by atoms with E-state index in [2.05, 4.69) is 4.98 Å². The van der Waals surface area contributed by atoms with Crippen molar-refractivity contribution in [2.75, 3.05) is 12.8 Å². The van der Waals surface area contributed by atoms with Crippen molar-refractivity contribution < 1.29 is 4.42 Å². The number of hydroxylamine groups is 2. The average molecular weight is 290 g/mol. The fourth-order valence-corrected chi connectivity index (χ4v) is 3.64. The van der Waals surface area contributed by atoms with Crippen LogP contribution in [0.25, 0.3) is 11.3 Å². The third-order valence-corrected chi connectivity index (χ3v) is 4.92. The number of thioether (sulfide) groups is 1. The van der Waals surface area contributed by atoms with Gasteiger partial charge in [-0.1, -0.05) is 30.3 Å². The lowest BCUT2D eigenvalue weighted by Gasteiger charge is -2.46. The monoisotopic (exact) mass is 290 g/mol. The molecule has 5 heteroatoms. The SMILES string of the molecule is CSC1CCCC[N+]1([O-])c1ncc(-c2ccccc2)o1. The molecule has 2 unspecified atom stereocenters. The first-order chi connectivity index (χ1) is 9.74. The number of nitrogens with zero attached hydrogens (tertiary/aromatic N) is 2. The van der Waals surface area contributed by atoms with Gasteiger partial charge >= 0.3 is 6.01 Å². The van der Waals surface area contributed by atoms with Gasteiger partial charge in [-0.05, 0) is 19.1 Å². The maximum absolute atomic E-state index is 13.1. The van der Waals surface area contributed by atoms with Crippen LogP contribution in [0.5, 0.6) is 0 Å². The Kier molecular flexibility index (Phi) is 3.83. The molecule has 1 saturated heterocycles. The Hall–Kier alpha value is -1.30. The lowest BCUT2D eigenvalue weighted by molar-refractivity contribution is 0.238. The summed E-state index contributed by atoms with van der Waals surface area (Å²) in [4.78, 5) is 4.27. The van der Waals surface area contributed by atoms with Crippen molar-refractivity contribution >= 4 is 17.8 Å². The van der Waals surface area contributed by atoms with Gasteiger partial charge in [0.15, 0.2) is 5.76 Å². The Morgan fingerprint density at radius 2 is 2.10 bits per heavy atom. The molecule has 4 nitrogen and oxygen atoms in total. The third kappa shape index (κ3) is 2.37. The van der Waals surface area contributed by atoms with Gasteiger partial charge in [0.2, 0.25) is 0 Å². The second-order valence-corrected chi connectivity index (χ2v) is 6.09. The number of oxazole rings is 1. The summed E-state index contributed by atoms with van der Waals surface area (Å²) in [6.07, 6.45) is 6.62. The molecule has 0 bridgehead atoms. The van der Waals surface area contributed by atoms with Crippen LogP contribution in [0.1, 0.15) is 19.3 Å². The number of hydrogen-bond donors (Lipinski definition) is 0. The lowest BCUT2D eigenvalue weighted by atomic mass is 10.1. The summed E-state index contributed by atoms with van der Waals surface area (Å²) in [6, 6.07) is 10.1. The van der Waals surface area contributed by atoms with E-state index >= 15 is 0 Å². The highest BCUT2D eigenvalue weighted by atomic mass is 32.2. The van der Waals surface area contributed by atoms with Crippen LogP contribution in [-0.4, -0.2) is 23.2 Å². The zero-order valence-corrected chi connectivity index (χ0v) is 12.3. The van der Waals surface area contributed by atoms with Gasteiger partial charge in [0.05, 0.1) is 12.7 Å². The maximum atomic E-state index is 13.1. The minimum absolute atomic E-state index is 0.00831. The minimum atomic E-state index is -0.437. The summed E-state index contributed by atoms with van der Waals surface area (Å²) in [5.41, 5.74) is 0.954. The number of rotatable bonds is 3. The zero-order chi connectivity index (χ0) is 14.0. The number of benzene rings is 1. The molecule has 1 aromatic heterocycles. The molecule has 20 heavy (non-hydrogen) atoms. The van der Waals surface area contributed by atoms with Crippen molar-refractivity contribution in [1.29, 1.82) is 0 Å². The van der Waals surface area contributed by atoms with E-state index in [1.165, 1.54) is 0 Å². The summed E-state index contributed by atoms with van der Waals surface area (Å²) >= 11 is 1.61. The Morgan fingerprint density at radius 3 is 2.85 bits per heavy atom. The molecule has 0 radical (unpaired) electrons. The van der Waals surface area contributed by atoms with E-state index < -0.39 is 4.65 Å². The Balaban J connectivity index is 1.93. The van der Waals surface area contributed by atoms with Gasteiger partial charge in [-0.2, -0.15) is 4.98 Å². The molecule has 0 saturated carbocycles. The molecule has 1 aromatic carbocycles. The number of quaternary nitrogens is 1. The fourth-order valence-electron chi connectivity index (χ4n) is 2.70. The van der Waals surface area contributed by atoms with E-state index in [1.54, 1.807) is 18.0 Å². The van der Waals surface area contributed by atoms with E-state index in [0.717, 1.165) is 24.8 Å². The largest absolute Gasteiger partial charge is 0.623 e. The van der Waals surface area contributed by atoms with Gasteiger partial charge < -0.3 is 9.62 Å². The summed E-state index contributed by atoms with van der Waals surface area (Å²) in [5.74, 6) is 0.666. The lowest BCUT2D eigenvalue weighted by Crippen LogP contribution is -2.53. The van der Waals surface area contributed by atoms with E-state index in [1.807, 2.05) is 36.6 Å². The van der Waals surface area contributed by atoms with Crippen LogP contribution in [0.4, 0.5) is 6.01 Å². The summed E-state index contributed by atoms with van der Waals surface area (Å²) < 4.78 is 5.34. The first-order valence-corrected chi connectivity index (χ1v) is 8.16. The molecule has 106 valence electrons. The standard InChI is InChI=1S/C15H18N2O2S/c1-20-14-9-5-6-10-17(14,18)15-16-11-13(19-15)12-7-3-2-4-8-12/h2-4,7-8,11,14H,5-6,9-10H2,1H3. The topological polar surface area (TPSA) is 49.1 Å². The molecule has 2 aromatic rings. The Bertz CT molecular complexity index is 572. The molecule has 1 fully saturated rings. The quantitative estimate of drug-likeness (QED) is 0.633. The van der Waals surface area contributed by atoms with Gasteiger partial charge in [-0.3, -0.25) is 4.65 Å². The van der Waals surface area contributed by atoms with E-state index in [4.69, 9.17) is 4.42 Å². The molecule has 0 amide bonds. The highest BCUT2D eigenvalue weighted by molar-refractivity contribution is 7.99. The predicted molar refractivity (Wildman–Crippen MR) is 83.1 cm³/mol. The van der Waals surface area contributed by atoms with Crippen molar-refractivity contribution in [1.82, 2.24) is 9.63 Å². The van der Waals surface area contributed by atoms with Gasteiger partial charge in [-0.15, -0.1) is 11.8 Å². The normalized spacial score (nSPS) is 26.6. The second kappa shape index (κ2) is 5.60. The highest BCUT2D eigenvalue weighted by Gasteiger charge is 2.37. The highest BCUT2D eigenvalue weighted by Crippen LogP contribution is 2.37. The first kappa shape index (κ1) is 13.7. The number of aromatic nitrogens is 1. The predicted octanol–water partition coefficient (Wildman–Crippen LogP) is 4.02. The Morgan fingerprint density at radius 1 is 1.30 bits per heavy atom. The van der Waals surface area contributed by atoms with Crippen molar-refractivity contribution in [3.05, 3.63) is 41.7 Å². The average Bonchev–Trinajstić information content (AvgIpc) is 2.99. The van der Waals surface area contributed by atoms with Crippen LogP contribution in [0, 0.1) is 5.21 Å². The Labute approximate surface area is 123 Å². The van der Waals surface area contributed by atoms with E-state index in [9.17, 15) is 5.21 Å². The molecule has 1 aliphatic heterocycles. The molecule has 0 aliphatic carbocycles. The van der Waals surface area contributed by atoms with Crippen LogP contribution in [0.2, 0.25) is 0 Å². The molecule has 3 rings (SSSR count). The zero-order valence-electron chi connectivity index (χ0n) is 11.5. The summed E-state index contributed by atoms with van der Waals surface area (Å²) in [6.45, 7) is 0.556. The number of piperidine rings is 1. The maximum Gasteiger partial charge on any atom is 0.405 e. The van der Waals surface area contributed by atoms with Gasteiger partial charge in [0.25, 0.3) is 0 Å². The van der Waals surface area contributed by atoms with Crippen molar-refractivity contribution in [2.24, 2.45) is 0 Å². The van der Waals surface area contributed by atoms with Crippen LogP contribution >= 0.6 is 11.8 Å². The van der Waals surface area contributed by atoms with Crippen molar-refractivity contribution in [2.45, 2.75) is 24.6 Å². The fraction of sp³-hybridized carbons (Fsp3) is 0.400. The minimum Gasteiger partial charge on any atom is -0.623 e. The van der Waals surface area contributed by atoms with Crippen LogP contribution in [0.15, 0.2) is 40.9 Å². The van der Waals surface area contributed by atoms with Crippen LogP contribution < -0.4 is 4.65 Å². The first-order valence-electron chi connectivity index (χ1n) is 6.87. The summed E-state index contributed by atoms with van der Waals surface area (Å²) in [7, 11) is 0. The van der Waals surface area contributed by atoms with Crippen molar-refractivity contribution in [3.63, 3.8) is 0 Å². The van der Waals surface area contributed by atoms with Gasteiger partial charge in [-0.25, -0.2) is 0 Å². The van der Waals surface area contributed by atoms with E-state index in [0.29, 0.717) is 18.3 Å². The van der Waals surface area contributed by atoms with Gasteiger partial charge in [0.1, 0.15) is 5.37 Å². The van der Waals surface area contributed by atoms with Crippen LogP contribution in [0.3, 0.4) is 0 Å². The molecule has 2 heterocycles. The molecule has 0 spiro atoms. The second-order valence-electron chi connectivity index (χ2n) is 5.08. The molecule has 2 atom stereocenters. The third-order valence-electron chi connectivity index (χ3n) is 3.80. The molecular formula is C15H18N2O2S. The smallest absolute Gasteiger partial charge is 0.405 e. The molecule has 0 N–H and O–H groups in total. The van der Waals surface area contributed by atoms with Gasteiger partial charge in [0, 0.05) is 12.0 Å². The van der Waals surface area contributed by atoms with Crippen molar-refractivity contribution in [3.8, 4) is 11.3 Å². The molecular weight excluding hydrogens is 272 g/mol. The van der Waals surface area contributed by atoms with Crippen LogP contribution in [-0.2, 0) is 0 Å². The number of hydrogen-bond acceptors (Lipinski definition) is 4.